The van der Waals surface area contributed by atoms with Gasteiger partial charge in [-0.25, -0.2) is 23.4 Å². The fraction of sp³-hybridized carbons (Fsp3) is 0.393. The number of benzene rings is 2. The first kappa shape index (κ1) is 29.0. The maximum absolute atomic E-state index is 13.4. The number of nitrogens with zero attached hydrogens (tertiary/aromatic N) is 3. The normalized spacial score (nSPS) is 18.7. The van der Waals surface area contributed by atoms with Crippen LogP contribution in [0.2, 0.25) is 0 Å². The Morgan fingerprint density at radius 2 is 1.76 bits per heavy atom. The zero-order valence-electron chi connectivity index (χ0n) is 22.4. The molecule has 41 heavy (non-hydrogen) atoms. The largest absolute Gasteiger partial charge is 0.355 e. The number of nitrogens with two attached hydrogens (primary N) is 1. The van der Waals surface area contributed by atoms with E-state index in [1.165, 1.54) is 23.5 Å². The number of amidine groups is 2. The van der Waals surface area contributed by atoms with Crippen molar-refractivity contribution in [3.8, 4) is 0 Å². The quantitative estimate of drug-likeness (QED) is 0.402. The number of thioether (sulfide) groups is 1. The third-order valence-corrected chi connectivity index (χ3v) is 9.08. The number of fused-ring (bicyclic) bond motifs is 3. The van der Waals surface area contributed by atoms with Crippen molar-refractivity contribution < 1.29 is 22.8 Å². The molecular weight excluding hydrogens is 564 g/mol. The van der Waals surface area contributed by atoms with Crippen LogP contribution >= 0.6 is 11.8 Å². The Morgan fingerprint density at radius 1 is 1.02 bits per heavy atom. The lowest BCUT2D eigenvalue weighted by atomic mass is 9.95. The first-order valence-corrected chi connectivity index (χ1v) is 16.1. The summed E-state index contributed by atoms with van der Waals surface area (Å²) in [4.78, 5) is 49.5. The highest BCUT2D eigenvalue weighted by atomic mass is 32.2. The van der Waals surface area contributed by atoms with E-state index in [9.17, 15) is 22.8 Å². The summed E-state index contributed by atoms with van der Waals surface area (Å²) in [5.74, 6) is -0.288. The van der Waals surface area contributed by atoms with Crippen molar-refractivity contribution in [2.75, 3.05) is 12.3 Å². The summed E-state index contributed by atoms with van der Waals surface area (Å²) in [5, 5.41) is 11.4. The lowest BCUT2D eigenvalue weighted by molar-refractivity contribution is -0.129. The van der Waals surface area contributed by atoms with Crippen molar-refractivity contribution in [1.29, 1.82) is 0 Å². The standard InChI is InChI=1S/C28H32N6O5S2/c29-41(38,39)20-12-10-18(11-13-20)14-15-30-25(36)17-40-28-33-22-9-5-4-8-21(22)26-32-23(27(37)34(26)28)16-24(35)31-19-6-2-1-3-7-19/h4-5,8-13,19,23H,1-3,6-7,14-17H2,(H,30,36)(H,31,35)(H2,29,38,39)/t23-/m1/s1. The Bertz CT molecular complexity index is 1500. The van der Waals surface area contributed by atoms with Crippen LogP contribution in [0.1, 0.15) is 49.7 Å². The second kappa shape index (κ2) is 12.5. The van der Waals surface area contributed by atoms with Crippen LogP contribution in [-0.4, -0.2) is 66.4 Å². The molecule has 2 aliphatic heterocycles. The van der Waals surface area contributed by atoms with E-state index >= 15 is 0 Å². The maximum atomic E-state index is 13.4. The summed E-state index contributed by atoms with van der Waals surface area (Å²) >= 11 is 1.13. The number of para-hydroxylation sites is 1. The summed E-state index contributed by atoms with van der Waals surface area (Å²) in [6.45, 7) is 0.344. The van der Waals surface area contributed by atoms with Crippen molar-refractivity contribution in [1.82, 2.24) is 15.5 Å². The van der Waals surface area contributed by atoms with Gasteiger partial charge in [-0.2, -0.15) is 0 Å². The molecular formula is C28H32N6O5S2. The number of hydrogen-bond acceptors (Lipinski definition) is 8. The van der Waals surface area contributed by atoms with E-state index in [4.69, 9.17) is 5.14 Å². The molecule has 1 atom stereocenters. The second-order valence-corrected chi connectivity index (χ2v) is 12.7. The summed E-state index contributed by atoms with van der Waals surface area (Å²) in [6, 6.07) is 12.8. The van der Waals surface area contributed by atoms with Crippen LogP contribution in [0.25, 0.3) is 0 Å². The summed E-state index contributed by atoms with van der Waals surface area (Å²) in [7, 11) is -3.76. The number of hydrogen-bond donors (Lipinski definition) is 3. The Morgan fingerprint density at radius 3 is 2.49 bits per heavy atom. The molecule has 0 saturated heterocycles. The lowest BCUT2D eigenvalue weighted by Gasteiger charge is -2.25. The van der Waals surface area contributed by atoms with E-state index < -0.39 is 16.1 Å². The van der Waals surface area contributed by atoms with Crippen molar-refractivity contribution in [3.63, 3.8) is 0 Å². The fourth-order valence-corrected chi connectivity index (χ4v) is 6.46. The van der Waals surface area contributed by atoms with E-state index in [1.54, 1.807) is 12.1 Å². The molecule has 0 unspecified atom stereocenters. The predicted octanol–water partition coefficient (Wildman–Crippen LogP) is 2.22. The van der Waals surface area contributed by atoms with E-state index in [2.05, 4.69) is 20.6 Å². The van der Waals surface area contributed by atoms with Crippen molar-refractivity contribution in [2.24, 2.45) is 15.1 Å². The first-order chi connectivity index (χ1) is 19.7. The zero-order chi connectivity index (χ0) is 29.0. The second-order valence-electron chi connectivity index (χ2n) is 10.2. The van der Waals surface area contributed by atoms with Crippen LogP contribution in [0.4, 0.5) is 5.69 Å². The van der Waals surface area contributed by atoms with Gasteiger partial charge in [-0.1, -0.05) is 55.3 Å². The van der Waals surface area contributed by atoms with Gasteiger partial charge in [0.1, 0.15) is 11.9 Å². The average Bonchev–Trinajstić information content (AvgIpc) is 3.28. The van der Waals surface area contributed by atoms with Gasteiger partial charge in [-0.15, -0.1) is 0 Å². The molecule has 0 radical (unpaired) electrons. The topological polar surface area (TPSA) is 163 Å². The Hall–Kier alpha value is -3.55. The highest BCUT2D eigenvalue weighted by molar-refractivity contribution is 8.14. The fourth-order valence-electron chi connectivity index (χ4n) is 5.11. The van der Waals surface area contributed by atoms with Crippen LogP contribution in [0, 0.1) is 0 Å². The van der Waals surface area contributed by atoms with Gasteiger partial charge in [-0.05, 0) is 49.1 Å². The molecule has 1 saturated carbocycles. The minimum absolute atomic E-state index is 0.0231. The minimum Gasteiger partial charge on any atom is -0.355 e. The molecule has 11 nitrogen and oxygen atoms in total. The molecule has 3 aliphatic rings. The van der Waals surface area contributed by atoms with E-state index in [0.717, 1.165) is 43.0 Å². The highest BCUT2D eigenvalue weighted by Gasteiger charge is 2.42. The van der Waals surface area contributed by atoms with E-state index in [1.807, 2.05) is 24.3 Å². The number of sulfonamides is 1. The monoisotopic (exact) mass is 596 g/mol. The molecule has 4 N–H and O–H groups in total. The molecule has 0 aromatic heterocycles. The van der Waals surface area contributed by atoms with Crippen LogP contribution in [-0.2, 0) is 30.8 Å². The van der Waals surface area contributed by atoms with E-state index in [0.29, 0.717) is 35.2 Å². The number of aliphatic imine (C=N–C) groups is 2. The summed E-state index contributed by atoms with van der Waals surface area (Å²) in [6.07, 6.45) is 5.76. The molecule has 1 fully saturated rings. The van der Waals surface area contributed by atoms with Gasteiger partial charge in [-0.3, -0.25) is 19.4 Å². The number of carbonyl (C=O) groups excluding carboxylic acids is 3. The molecule has 216 valence electrons. The number of nitrogens with one attached hydrogen (secondary N) is 2. The van der Waals surface area contributed by atoms with Crippen LogP contribution in [0.5, 0.6) is 0 Å². The molecule has 0 bridgehead atoms. The minimum atomic E-state index is -3.76. The number of amides is 3. The molecule has 1 aliphatic carbocycles. The molecule has 2 aromatic rings. The van der Waals surface area contributed by atoms with E-state index in [-0.39, 0.29) is 40.8 Å². The Labute approximate surface area is 243 Å². The Balaban J connectivity index is 1.19. The van der Waals surface area contributed by atoms with Gasteiger partial charge < -0.3 is 10.6 Å². The van der Waals surface area contributed by atoms with Gasteiger partial charge in [0.25, 0.3) is 5.91 Å². The highest BCUT2D eigenvalue weighted by Crippen LogP contribution is 2.34. The van der Waals surface area contributed by atoms with Gasteiger partial charge in [0.2, 0.25) is 21.8 Å². The molecule has 2 aromatic carbocycles. The van der Waals surface area contributed by atoms with Crippen LogP contribution in [0.15, 0.2) is 63.4 Å². The van der Waals surface area contributed by atoms with Crippen LogP contribution in [0.3, 0.4) is 0 Å². The number of primary sulfonamides is 1. The zero-order valence-corrected chi connectivity index (χ0v) is 24.0. The van der Waals surface area contributed by atoms with Gasteiger partial charge in [0.15, 0.2) is 5.17 Å². The molecule has 3 amide bonds. The molecule has 0 spiro atoms. The van der Waals surface area contributed by atoms with Gasteiger partial charge in [0, 0.05) is 18.2 Å². The lowest BCUT2D eigenvalue weighted by Crippen LogP contribution is -2.43. The molecule has 2 heterocycles. The maximum Gasteiger partial charge on any atom is 0.259 e. The number of carbonyl (C=O) groups is 3. The third-order valence-electron chi connectivity index (χ3n) is 7.22. The molecule has 13 heteroatoms. The van der Waals surface area contributed by atoms with Crippen molar-refractivity contribution in [3.05, 3.63) is 59.7 Å². The smallest absolute Gasteiger partial charge is 0.259 e. The SMILES string of the molecule is NS(=O)(=O)c1ccc(CCNC(=O)CSC2=Nc3ccccc3C3=N[C@H](CC(=O)NC4CCCCC4)C(=O)N23)cc1. The first-order valence-electron chi connectivity index (χ1n) is 13.6. The van der Waals surface area contributed by atoms with Gasteiger partial charge >= 0.3 is 0 Å². The Kier molecular flexibility index (Phi) is 8.85. The summed E-state index contributed by atoms with van der Waals surface area (Å²) < 4.78 is 22.8. The summed E-state index contributed by atoms with van der Waals surface area (Å²) in [5.41, 5.74) is 2.20. The van der Waals surface area contributed by atoms with Crippen LogP contribution < -0.4 is 15.8 Å². The molecule has 5 rings (SSSR count). The van der Waals surface area contributed by atoms with Crippen molar-refractivity contribution >= 4 is 56.2 Å². The average molecular weight is 597 g/mol. The number of rotatable bonds is 9. The van der Waals surface area contributed by atoms with Crippen molar-refractivity contribution in [2.45, 2.75) is 61.9 Å². The van der Waals surface area contributed by atoms with Gasteiger partial charge in [0.05, 0.1) is 22.8 Å². The predicted molar refractivity (Wildman–Crippen MR) is 157 cm³/mol. The third kappa shape index (κ3) is 7.03.